The number of halogens is 1. The number of anilines is 1. The van der Waals surface area contributed by atoms with Crippen LogP contribution >= 0.6 is 35.7 Å². The summed E-state index contributed by atoms with van der Waals surface area (Å²) in [6.07, 6.45) is 6.29. The molecule has 1 fully saturated rings. The molecule has 0 aromatic carbocycles. The summed E-state index contributed by atoms with van der Waals surface area (Å²) in [5.74, 6) is 1.99. The van der Waals surface area contributed by atoms with Crippen molar-refractivity contribution in [2.75, 3.05) is 37.8 Å². The van der Waals surface area contributed by atoms with Crippen LogP contribution in [0.4, 0.5) is 5.82 Å². The van der Waals surface area contributed by atoms with Gasteiger partial charge in [-0.25, -0.2) is 4.98 Å². The van der Waals surface area contributed by atoms with Crippen LogP contribution < -0.4 is 15.5 Å². The number of aliphatic imine (C=N–C) groups is 1. The van der Waals surface area contributed by atoms with E-state index in [4.69, 9.17) is 0 Å². The lowest BCUT2D eigenvalue weighted by atomic mass is 10.1. The molecule has 25 heavy (non-hydrogen) atoms. The first-order valence-corrected chi connectivity index (χ1v) is 9.86. The minimum absolute atomic E-state index is 0. The van der Waals surface area contributed by atoms with Crippen molar-refractivity contribution in [3.8, 4) is 0 Å². The lowest BCUT2D eigenvalue weighted by Crippen LogP contribution is -2.50. The van der Waals surface area contributed by atoms with Crippen LogP contribution in [0.2, 0.25) is 0 Å². The highest BCUT2D eigenvalue weighted by molar-refractivity contribution is 14.0. The molecule has 0 radical (unpaired) electrons. The Morgan fingerprint density at radius 2 is 2.04 bits per heavy atom. The zero-order valence-corrected chi connectivity index (χ0v) is 19.1. The predicted octanol–water partition coefficient (Wildman–Crippen LogP) is 3.28. The maximum Gasteiger partial charge on any atom is 0.191 e. The molecule has 0 spiro atoms. The molecule has 0 saturated carbocycles. The average Bonchev–Trinajstić information content (AvgIpc) is 2.60. The molecule has 7 heteroatoms. The molecule has 0 bridgehead atoms. The summed E-state index contributed by atoms with van der Waals surface area (Å²) in [6, 6.07) is 4.72. The summed E-state index contributed by atoms with van der Waals surface area (Å²) in [6.45, 7) is 9.52. The number of nitrogens with zero attached hydrogens (tertiary/aromatic N) is 3. The fraction of sp³-hybridized carbons (Fsp3) is 0.667. The van der Waals surface area contributed by atoms with Crippen LogP contribution in [0.15, 0.2) is 23.3 Å². The molecule has 1 aromatic rings. The second-order valence-electron chi connectivity index (χ2n) is 6.99. The average molecular weight is 477 g/mol. The van der Waals surface area contributed by atoms with E-state index in [-0.39, 0.29) is 28.7 Å². The van der Waals surface area contributed by atoms with Crippen molar-refractivity contribution in [2.24, 2.45) is 4.99 Å². The number of aromatic nitrogens is 1. The van der Waals surface area contributed by atoms with Crippen molar-refractivity contribution in [1.82, 2.24) is 15.6 Å². The van der Waals surface area contributed by atoms with Crippen LogP contribution in [0.5, 0.6) is 0 Å². The van der Waals surface area contributed by atoms with E-state index in [9.17, 15) is 0 Å². The van der Waals surface area contributed by atoms with Gasteiger partial charge in [0, 0.05) is 43.7 Å². The van der Waals surface area contributed by atoms with Crippen LogP contribution in [-0.4, -0.2) is 54.7 Å². The number of piperidine rings is 1. The number of hydrogen-bond donors (Lipinski definition) is 2. The van der Waals surface area contributed by atoms with Crippen molar-refractivity contribution >= 4 is 47.5 Å². The van der Waals surface area contributed by atoms with Gasteiger partial charge in [-0.2, -0.15) is 11.8 Å². The van der Waals surface area contributed by atoms with Gasteiger partial charge in [0.15, 0.2) is 5.96 Å². The van der Waals surface area contributed by atoms with Crippen molar-refractivity contribution < 1.29 is 0 Å². The lowest BCUT2D eigenvalue weighted by molar-refractivity contribution is 0.458. The van der Waals surface area contributed by atoms with Gasteiger partial charge < -0.3 is 15.5 Å². The molecular weight excluding hydrogens is 445 g/mol. The molecule has 2 N–H and O–H groups in total. The maximum absolute atomic E-state index is 4.54. The fourth-order valence-electron chi connectivity index (χ4n) is 2.66. The van der Waals surface area contributed by atoms with Gasteiger partial charge in [-0.1, -0.05) is 6.07 Å². The van der Waals surface area contributed by atoms with E-state index < -0.39 is 0 Å². The zero-order chi connectivity index (χ0) is 17.6. The van der Waals surface area contributed by atoms with Gasteiger partial charge >= 0.3 is 0 Å². The third-order valence-electron chi connectivity index (χ3n) is 4.51. The van der Waals surface area contributed by atoms with Gasteiger partial charge in [0.05, 0.1) is 0 Å². The summed E-state index contributed by atoms with van der Waals surface area (Å²) in [7, 11) is 1.84. The first kappa shape index (κ1) is 22.3. The summed E-state index contributed by atoms with van der Waals surface area (Å²) < 4.78 is 0.206. The van der Waals surface area contributed by atoms with E-state index >= 15 is 0 Å². The van der Waals surface area contributed by atoms with E-state index in [1.165, 1.54) is 5.56 Å². The smallest absolute Gasteiger partial charge is 0.191 e. The highest BCUT2D eigenvalue weighted by Crippen LogP contribution is 2.20. The van der Waals surface area contributed by atoms with E-state index in [0.29, 0.717) is 6.04 Å². The third-order valence-corrected chi connectivity index (χ3v) is 5.76. The van der Waals surface area contributed by atoms with Gasteiger partial charge in [-0.15, -0.1) is 24.0 Å². The highest BCUT2D eigenvalue weighted by Gasteiger charge is 2.22. The Balaban J connectivity index is 0.00000312. The first-order valence-electron chi connectivity index (χ1n) is 8.63. The number of hydrogen-bond acceptors (Lipinski definition) is 4. The van der Waals surface area contributed by atoms with Gasteiger partial charge in [-0.05, 0) is 51.5 Å². The van der Waals surface area contributed by atoms with Crippen LogP contribution in [0, 0.1) is 6.92 Å². The summed E-state index contributed by atoms with van der Waals surface area (Å²) >= 11 is 1.87. The van der Waals surface area contributed by atoms with Crippen molar-refractivity contribution in [2.45, 2.75) is 44.4 Å². The number of pyridine rings is 1. The van der Waals surface area contributed by atoms with E-state index in [0.717, 1.165) is 44.3 Å². The third kappa shape index (κ3) is 7.21. The normalized spacial score (nSPS) is 16.4. The number of thioether (sulfide) groups is 1. The van der Waals surface area contributed by atoms with E-state index in [1.807, 2.05) is 25.0 Å². The molecule has 0 amide bonds. The minimum atomic E-state index is 0. The van der Waals surface area contributed by atoms with Crippen molar-refractivity contribution in [3.05, 3.63) is 23.9 Å². The number of rotatable bonds is 5. The summed E-state index contributed by atoms with van der Waals surface area (Å²) in [4.78, 5) is 11.3. The standard InChI is InChI=1S/C18H31N5S.HI/c1-14-6-7-16(20-12-14)23-10-8-15(9-11-23)22-17(19-4)21-13-18(2,3)24-5;/h6-7,12,15H,8-11,13H2,1-5H3,(H2,19,21,22);1H. The quantitative estimate of drug-likeness (QED) is 0.388. The largest absolute Gasteiger partial charge is 0.356 e. The Hall–Kier alpha value is -0.700. The Morgan fingerprint density at radius 3 is 2.56 bits per heavy atom. The molecule has 0 aliphatic carbocycles. The topological polar surface area (TPSA) is 52.6 Å². The lowest BCUT2D eigenvalue weighted by Gasteiger charge is -2.34. The summed E-state index contributed by atoms with van der Waals surface area (Å²) in [5.41, 5.74) is 1.21. The molecule has 2 heterocycles. The monoisotopic (exact) mass is 477 g/mol. The van der Waals surface area contributed by atoms with Gasteiger partial charge in [0.2, 0.25) is 0 Å². The number of nitrogens with one attached hydrogen (secondary N) is 2. The molecule has 142 valence electrons. The molecule has 5 nitrogen and oxygen atoms in total. The summed E-state index contributed by atoms with van der Waals surface area (Å²) in [5, 5.41) is 7.02. The Bertz CT molecular complexity index is 539. The second kappa shape index (κ2) is 10.4. The van der Waals surface area contributed by atoms with E-state index in [2.05, 4.69) is 64.7 Å². The Morgan fingerprint density at radius 1 is 1.36 bits per heavy atom. The highest BCUT2D eigenvalue weighted by atomic mass is 127. The SMILES string of the molecule is CN=C(NCC(C)(C)SC)NC1CCN(c2ccc(C)cn2)CC1.I. The molecule has 0 atom stereocenters. The molecule has 1 aliphatic rings. The van der Waals surface area contributed by atoms with Crippen LogP contribution in [0.1, 0.15) is 32.3 Å². The van der Waals surface area contributed by atoms with Crippen molar-refractivity contribution in [1.29, 1.82) is 0 Å². The van der Waals surface area contributed by atoms with Crippen LogP contribution in [0.3, 0.4) is 0 Å². The van der Waals surface area contributed by atoms with Crippen LogP contribution in [0.25, 0.3) is 0 Å². The van der Waals surface area contributed by atoms with Crippen LogP contribution in [-0.2, 0) is 0 Å². The molecule has 0 unspecified atom stereocenters. The second-order valence-corrected chi connectivity index (χ2v) is 8.50. The molecule has 1 saturated heterocycles. The molecular formula is C18H32IN5S. The van der Waals surface area contributed by atoms with Crippen molar-refractivity contribution in [3.63, 3.8) is 0 Å². The number of guanidine groups is 1. The predicted molar refractivity (Wildman–Crippen MR) is 122 cm³/mol. The molecule has 1 aliphatic heterocycles. The zero-order valence-electron chi connectivity index (χ0n) is 16.0. The molecule has 2 rings (SSSR count). The maximum atomic E-state index is 4.54. The van der Waals surface area contributed by atoms with Gasteiger partial charge in [-0.3, -0.25) is 4.99 Å². The Kier molecular flexibility index (Phi) is 9.34. The Labute approximate surface area is 173 Å². The fourth-order valence-corrected chi connectivity index (χ4v) is 2.87. The van der Waals surface area contributed by atoms with Gasteiger partial charge in [0.1, 0.15) is 5.82 Å². The number of aryl methyl sites for hydroxylation is 1. The van der Waals surface area contributed by atoms with Gasteiger partial charge in [0.25, 0.3) is 0 Å². The first-order chi connectivity index (χ1) is 11.4. The molecule has 1 aromatic heterocycles. The van der Waals surface area contributed by atoms with E-state index in [1.54, 1.807) is 0 Å². The minimum Gasteiger partial charge on any atom is -0.356 e.